The molecule has 1 aliphatic rings. The molecule has 1 amide bonds. The van der Waals surface area contributed by atoms with Crippen LogP contribution in [0.4, 0.5) is 11.4 Å². The van der Waals surface area contributed by atoms with Crippen molar-refractivity contribution in [2.45, 2.75) is 32.4 Å². The van der Waals surface area contributed by atoms with Crippen molar-refractivity contribution in [3.05, 3.63) is 83.5 Å². The predicted octanol–water partition coefficient (Wildman–Crippen LogP) is 4.45. The summed E-state index contributed by atoms with van der Waals surface area (Å²) in [4.78, 5) is 48.7. The average Bonchev–Trinajstić information content (AvgIpc) is 3.52. The van der Waals surface area contributed by atoms with Gasteiger partial charge >= 0.3 is 0 Å². The molecule has 0 bridgehead atoms. The average molecular weight is 531 g/mol. The zero-order chi connectivity index (χ0) is 26.6. The van der Waals surface area contributed by atoms with Crippen LogP contribution in [0.15, 0.2) is 67.4 Å². The molecule has 2 aromatic carbocycles. The SMILES string of the molecule is CC(=O)c1cn(C(=O)CN2CCC[C@H]2C(=O)NCc2cccc(Cl)c2)c2ccc(Nc3cncnc3)cc12. The number of carbonyl (C=O) groups is 3. The number of nitrogens with zero attached hydrogens (tertiary/aromatic N) is 4. The van der Waals surface area contributed by atoms with E-state index in [1.807, 2.05) is 41.3 Å². The Balaban J connectivity index is 1.32. The van der Waals surface area contributed by atoms with Gasteiger partial charge < -0.3 is 10.6 Å². The fraction of sp³-hybridized carbons (Fsp3) is 0.250. The standard InChI is InChI=1S/C28H27ClN6O3/c1-18(36)24-15-35(25-8-7-21(11-23(24)25)33-22-13-30-17-31-14-22)27(37)16-34-9-3-6-26(34)28(38)32-12-19-4-2-5-20(29)10-19/h2,4-5,7-8,10-11,13-15,17,26,33H,3,6,9,12,16H2,1H3,(H,32,38)/t26-/m0/s1. The number of likely N-dealkylation sites (tertiary alicyclic amines) is 1. The van der Waals surface area contributed by atoms with Gasteiger partial charge in [0.05, 0.1) is 36.2 Å². The van der Waals surface area contributed by atoms with Crippen LogP contribution in [-0.4, -0.2) is 56.2 Å². The molecular formula is C28H27ClN6O3. The van der Waals surface area contributed by atoms with Gasteiger partial charge in [-0.25, -0.2) is 9.97 Å². The molecule has 1 atom stereocenters. The second-order valence-electron chi connectivity index (χ2n) is 9.32. The molecule has 38 heavy (non-hydrogen) atoms. The number of aromatic nitrogens is 3. The fourth-order valence-corrected chi connectivity index (χ4v) is 5.05. The minimum atomic E-state index is -0.392. The quantitative estimate of drug-likeness (QED) is 0.324. The molecule has 1 aliphatic heterocycles. The third-order valence-electron chi connectivity index (χ3n) is 6.66. The highest BCUT2D eigenvalue weighted by molar-refractivity contribution is 6.30. The van der Waals surface area contributed by atoms with Gasteiger partial charge in [0.25, 0.3) is 0 Å². The van der Waals surface area contributed by atoms with E-state index in [0.29, 0.717) is 46.7 Å². The van der Waals surface area contributed by atoms with Crippen LogP contribution in [0.25, 0.3) is 10.9 Å². The molecule has 0 spiro atoms. The molecule has 2 N–H and O–H groups in total. The van der Waals surface area contributed by atoms with Gasteiger partial charge in [-0.15, -0.1) is 0 Å². The number of nitrogens with one attached hydrogen (secondary N) is 2. The maximum absolute atomic E-state index is 13.4. The zero-order valence-electron chi connectivity index (χ0n) is 20.9. The van der Waals surface area contributed by atoms with Crippen molar-refractivity contribution in [3.8, 4) is 0 Å². The van der Waals surface area contributed by atoms with E-state index in [0.717, 1.165) is 17.7 Å². The van der Waals surface area contributed by atoms with E-state index in [1.54, 1.807) is 24.7 Å². The summed E-state index contributed by atoms with van der Waals surface area (Å²) in [5.41, 5.74) is 3.46. The Morgan fingerprint density at radius 1 is 1.08 bits per heavy atom. The molecule has 0 radical (unpaired) electrons. The molecule has 3 heterocycles. The van der Waals surface area contributed by atoms with Gasteiger partial charge in [-0.05, 0) is 62.2 Å². The summed E-state index contributed by atoms with van der Waals surface area (Å²) in [5, 5.41) is 7.47. The summed E-state index contributed by atoms with van der Waals surface area (Å²) in [6.07, 6.45) is 7.84. The molecule has 194 valence electrons. The first-order valence-corrected chi connectivity index (χ1v) is 12.7. The first-order valence-electron chi connectivity index (χ1n) is 12.4. The fourth-order valence-electron chi connectivity index (χ4n) is 4.84. The summed E-state index contributed by atoms with van der Waals surface area (Å²) < 4.78 is 1.51. The molecule has 0 aliphatic carbocycles. The van der Waals surface area contributed by atoms with E-state index in [9.17, 15) is 14.4 Å². The van der Waals surface area contributed by atoms with Crippen LogP contribution in [0.3, 0.4) is 0 Å². The summed E-state index contributed by atoms with van der Waals surface area (Å²) in [6, 6.07) is 12.4. The summed E-state index contributed by atoms with van der Waals surface area (Å²) in [7, 11) is 0. The Morgan fingerprint density at radius 3 is 2.66 bits per heavy atom. The van der Waals surface area contributed by atoms with Crippen LogP contribution in [0.5, 0.6) is 0 Å². The Labute approximate surface area is 224 Å². The molecule has 0 unspecified atom stereocenters. The molecule has 5 rings (SSSR count). The third-order valence-corrected chi connectivity index (χ3v) is 6.90. The van der Waals surface area contributed by atoms with Crippen molar-refractivity contribution < 1.29 is 14.4 Å². The van der Waals surface area contributed by atoms with E-state index >= 15 is 0 Å². The van der Waals surface area contributed by atoms with Crippen LogP contribution in [0.2, 0.25) is 5.02 Å². The number of benzene rings is 2. The van der Waals surface area contributed by atoms with Crippen LogP contribution < -0.4 is 10.6 Å². The minimum absolute atomic E-state index is 0.0672. The molecule has 4 aromatic rings. The van der Waals surface area contributed by atoms with E-state index in [2.05, 4.69) is 20.6 Å². The van der Waals surface area contributed by atoms with Gasteiger partial charge in [-0.2, -0.15) is 0 Å². The highest BCUT2D eigenvalue weighted by Crippen LogP contribution is 2.28. The molecule has 10 heteroatoms. The van der Waals surface area contributed by atoms with Crippen molar-refractivity contribution in [1.29, 1.82) is 0 Å². The smallest absolute Gasteiger partial charge is 0.245 e. The predicted molar refractivity (Wildman–Crippen MR) is 146 cm³/mol. The monoisotopic (exact) mass is 530 g/mol. The van der Waals surface area contributed by atoms with Gasteiger partial charge in [0.2, 0.25) is 11.8 Å². The lowest BCUT2D eigenvalue weighted by Gasteiger charge is -2.23. The second-order valence-corrected chi connectivity index (χ2v) is 9.76. The molecule has 1 saturated heterocycles. The maximum Gasteiger partial charge on any atom is 0.245 e. The molecule has 9 nitrogen and oxygen atoms in total. The zero-order valence-corrected chi connectivity index (χ0v) is 21.6. The van der Waals surface area contributed by atoms with Gasteiger partial charge in [-0.3, -0.25) is 23.9 Å². The van der Waals surface area contributed by atoms with Crippen molar-refractivity contribution in [1.82, 2.24) is 24.8 Å². The van der Waals surface area contributed by atoms with Crippen LogP contribution >= 0.6 is 11.6 Å². The largest absolute Gasteiger partial charge is 0.353 e. The second kappa shape index (κ2) is 11.1. The third kappa shape index (κ3) is 5.58. The Kier molecular flexibility index (Phi) is 7.48. The molecule has 1 fully saturated rings. The number of halogens is 1. The van der Waals surface area contributed by atoms with E-state index in [-0.39, 0.29) is 24.1 Å². The maximum atomic E-state index is 13.4. The minimum Gasteiger partial charge on any atom is -0.353 e. The van der Waals surface area contributed by atoms with Crippen LogP contribution in [-0.2, 0) is 11.3 Å². The van der Waals surface area contributed by atoms with Gasteiger partial charge in [0.1, 0.15) is 6.33 Å². The number of hydrogen-bond donors (Lipinski definition) is 2. The summed E-state index contributed by atoms with van der Waals surface area (Å²) in [5.74, 6) is -0.451. The van der Waals surface area contributed by atoms with E-state index in [4.69, 9.17) is 11.6 Å². The molecule has 0 saturated carbocycles. The highest BCUT2D eigenvalue weighted by Gasteiger charge is 2.32. The van der Waals surface area contributed by atoms with Crippen molar-refractivity contribution in [2.24, 2.45) is 0 Å². The number of fused-ring (bicyclic) bond motifs is 1. The number of ketones is 1. The lowest BCUT2D eigenvalue weighted by molar-refractivity contribution is -0.125. The lowest BCUT2D eigenvalue weighted by atomic mass is 10.1. The summed E-state index contributed by atoms with van der Waals surface area (Å²) >= 11 is 6.04. The number of rotatable bonds is 8. The number of hydrogen-bond acceptors (Lipinski definition) is 7. The Bertz CT molecular complexity index is 1500. The number of anilines is 2. The van der Waals surface area contributed by atoms with E-state index in [1.165, 1.54) is 17.8 Å². The van der Waals surface area contributed by atoms with E-state index < -0.39 is 6.04 Å². The first-order chi connectivity index (χ1) is 18.4. The van der Waals surface area contributed by atoms with Gasteiger partial charge in [0.15, 0.2) is 5.78 Å². The molecular weight excluding hydrogens is 504 g/mol. The topological polar surface area (TPSA) is 109 Å². The Hall–Kier alpha value is -4.08. The van der Waals surface area contributed by atoms with Crippen molar-refractivity contribution >= 4 is 51.5 Å². The van der Waals surface area contributed by atoms with Crippen molar-refractivity contribution in [2.75, 3.05) is 18.4 Å². The van der Waals surface area contributed by atoms with Crippen LogP contribution in [0, 0.1) is 0 Å². The van der Waals surface area contributed by atoms with Gasteiger partial charge in [-0.1, -0.05) is 23.7 Å². The number of Topliss-reactive ketones (excluding diaryl/α,β-unsaturated/α-hetero) is 1. The normalized spacial score (nSPS) is 15.5. The van der Waals surface area contributed by atoms with Crippen molar-refractivity contribution in [3.63, 3.8) is 0 Å². The van der Waals surface area contributed by atoms with Gasteiger partial charge in [0, 0.05) is 34.4 Å². The lowest BCUT2D eigenvalue weighted by Crippen LogP contribution is -2.45. The summed E-state index contributed by atoms with van der Waals surface area (Å²) in [6.45, 7) is 2.56. The first kappa shape index (κ1) is 25.6. The molecule has 2 aromatic heterocycles. The Morgan fingerprint density at radius 2 is 1.89 bits per heavy atom. The number of amides is 1. The highest BCUT2D eigenvalue weighted by atomic mass is 35.5. The number of carbonyl (C=O) groups excluding carboxylic acids is 3. The van der Waals surface area contributed by atoms with Crippen LogP contribution in [0.1, 0.15) is 40.5 Å².